The highest BCUT2D eigenvalue weighted by atomic mass is 32.1. The lowest BCUT2D eigenvalue weighted by Crippen LogP contribution is -1.75. The average Bonchev–Trinajstić information content (AvgIpc) is 3.33. The van der Waals surface area contributed by atoms with Gasteiger partial charge in [0.1, 0.15) is 0 Å². The molecule has 5 rings (SSSR count). The number of H-pyrrole nitrogens is 1. The second-order valence-electron chi connectivity index (χ2n) is 5.67. The maximum Gasteiger partial charge on any atom is 0.0465 e. The van der Waals surface area contributed by atoms with Crippen molar-refractivity contribution in [2.45, 2.75) is 0 Å². The summed E-state index contributed by atoms with van der Waals surface area (Å²) in [6.45, 7) is 0. The number of thiophene rings is 2. The summed E-state index contributed by atoms with van der Waals surface area (Å²) in [7, 11) is 0. The Bertz CT molecular complexity index is 1010. The summed E-state index contributed by atoms with van der Waals surface area (Å²) in [5.74, 6) is 0. The van der Waals surface area contributed by atoms with Crippen LogP contribution in [0.5, 0.6) is 0 Å². The lowest BCUT2D eigenvalue weighted by atomic mass is 10.0. The van der Waals surface area contributed by atoms with E-state index in [1.165, 1.54) is 44.1 Å². The quantitative estimate of drug-likeness (QED) is 0.367. The average molecular weight is 331 g/mol. The summed E-state index contributed by atoms with van der Waals surface area (Å²) in [6.07, 6.45) is 0. The highest BCUT2D eigenvalue weighted by Gasteiger charge is 2.08. The molecule has 5 aromatic rings. The Hall–Kier alpha value is -2.36. The Kier molecular flexibility index (Phi) is 2.90. The van der Waals surface area contributed by atoms with E-state index in [2.05, 4.69) is 75.0 Å². The van der Waals surface area contributed by atoms with Crippen LogP contribution in [0.25, 0.3) is 44.1 Å². The van der Waals surface area contributed by atoms with Crippen molar-refractivity contribution >= 4 is 44.5 Å². The van der Waals surface area contributed by atoms with E-state index in [9.17, 15) is 0 Å². The normalized spacial score (nSPS) is 11.5. The molecule has 2 aromatic carbocycles. The molecule has 0 aliphatic heterocycles. The van der Waals surface area contributed by atoms with Gasteiger partial charge in [0.05, 0.1) is 0 Å². The molecule has 3 heterocycles. The van der Waals surface area contributed by atoms with E-state index in [1.807, 2.05) is 0 Å². The zero-order valence-corrected chi connectivity index (χ0v) is 13.9. The van der Waals surface area contributed by atoms with E-state index in [1.54, 1.807) is 22.7 Å². The van der Waals surface area contributed by atoms with Crippen molar-refractivity contribution in [3.8, 4) is 22.3 Å². The van der Waals surface area contributed by atoms with Crippen LogP contribution in [0.2, 0.25) is 0 Å². The molecule has 0 saturated carbocycles. The van der Waals surface area contributed by atoms with Crippen LogP contribution < -0.4 is 0 Å². The van der Waals surface area contributed by atoms with E-state index in [0.29, 0.717) is 0 Å². The summed E-state index contributed by atoms with van der Waals surface area (Å²) in [5.41, 5.74) is 7.53. The van der Waals surface area contributed by atoms with Crippen LogP contribution >= 0.6 is 22.7 Å². The molecule has 0 aliphatic rings. The van der Waals surface area contributed by atoms with E-state index in [4.69, 9.17) is 0 Å². The van der Waals surface area contributed by atoms with Gasteiger partial charge in [-0.05, 0) is 80.2 Å². The molecule has 110 valence electrons. The molecule has 0 unspecified atom stereocenters. The van der Waals surface area contributed by atoms with E-state index in [-0.39, 0.29) is 0 Å². The van der Waals surface area contributed by atoms with Gasteiger partial charge in [-0.2, -0.15) is 22.7 Å². The molecule has 0 saturated heterocycles. The molecular weight excluding hydrogens is 318 g/mol. The lowest BCUT2D eigenvalue weighted by molar-refractivity contribution is 1.54. The smallest absolute Gasteiger partial charge is 0.0465 e. The number of aromatic nitrogens is 1. The van der Waals surface area contributed by atoms with Gasteiger partial charge in [0.25, 0.3) is 0 Å². The molecule has 0 atom stereocenters. The Morgan fingerprint density at radius 1 is 0.565 bits per heavy atom. The second kappa shape index (κ2) is 5.08. The number of hydrogen-bond acceptors (Lipinski definition) is 2. The number of fused-ring (bicyclic) bond motifs is 3. The number of hydrogen-bond donors (Lipinski definition) is 1. The van der Waals surface area contributed by atoms with Gasteiger partial charge in [-0.1, -0.05) is 12.1 Å². The van der Waals surface area contributed by atoms with Crippen molar-refractivity contribution in [1.29, 1.82) is 0 Å². The maximum atomic E-state index is 3.53. The molecular formula is C20H13NS2. The minimum atomic E-state index is 1.20. The first-order chi connectivity index (χ1) is 11.4. The summed E-state index contributed by atoms with van der Waals surface area (Å²) in [5, 5.41) is 11.2. The van der Waals surface area contributed by atoms with E-state index < -0.39 is 0 Å². The first-order valence-corrected chi connectivity index (χ1v) is 9.38. The van der Waals surface area contributed by atoms with Crippen LogP contribution in [-0.4, -0.2) is 4.98 Å². The van der Waals surface area contributed by atoms with Gasteiger partial charge in [0.15, 0.2) is 0 Å². The highest BCUT2D eigenvalue weighted by Crippen LogP contribution is 2.33. The van der Waals surface area contributed by atoms with Gasteiger partial charge >= 0.3 is 0 Å². The second-order valence-corrected chi connectivity index (χ2v) is 7.23. The fourth-order valence-corrected chi connectivity index (χ4v) is 4.44. The van der Waals surface area contributed by atoms with Crippen molar-refractivity contribution in [3.05, 3.63) is 70.1 Å². The minimum absolute atomic E-state index is 1.20. The van der Waals surface area contributed by atoms with Crippen molar-refractivity contribution in [1.82, 2.24) is 4.98 Å². The summed E-state index contributed by atoms with van der Waals surface area (Å²) in [4.78, 5) is 3.53. The third kappa shape index (κ3) is 2.12. The predicted octanol–water partition coefficient (Wildman–Crippen LogP) is 6.78. The van der Waals surface area contributed by atoms with Crippen LogP contribution in [0.4, 0.5) is 0 Å². The van der Waals surface area contributed by atoms with Crippen LogP contribution in [-0.2, 0) is 0 Å². The van der Waals surface area contributed by atoms with Gasteiger partial charge in [0, 0.05) is 21.8 Å². The number of rotatable bonds is 2. The van der Waals surface area contributed by atoms with Crippen LogP contribution in [0.15, 0.2) is 70.1 Å². The van der Waals surface area contributed by atoms with Gasteiger partial charge in [-0.3, -0.25) is 0 Å². The molecule has 0 aliphatic carbocycles. The molecule has 3 aromatic heterocycles. The molecule has 1 N–H and O–H groups in total. The van der Waals surface area contributed by atoms with Crippen LogP contribution in [0, 0.1) is 0 Å². The van der Waals surface area contributed by atoms with Crippen molar-refractivity contribution in [3.63, 3.8) is 0 Å². The fourth-order valence-electron chi connectivity index (χ4n) is 3.11. The molecule has 0 bridgehead atoms. The SMILES string of the molecule is c1cc(-c2ccc3[nH]c4ccc(-c5ccsc5)cc4c3c2)cs1. The number of nitrogens with one attached hydrogen (secondary N) is 1. The van der Waals surface area contributed by atoms with Gasteiger partial charge < -0.3 is 4.98 Å². The predicted molar refractivity (Wildman–Crippen MR) is 102 cm³/mol. The van der Waals surface area contributed by atoms with Crippen molar-refractivity contribution in [2.75, 3.05) is 0 Å². The first kappa shape index (κ1) is 13.1. The molecule has 0 spiro atoms. The zero-order chi connectivity index (χ0) is 15.2. The van der Waals surface area contributed by atoms with Crippen LogP contribution in [0.3, 0.4) is 0 Å². The fraction of sp³-hybridized carbons (Fsp3) is 0. The Balaban J connectivity index is 1.77. The third-order valence-electron chi connectivity index (χ3n) is 4.31. The summed E-state index contributed by atoms with van der Waals surface area (Å²) >= 11 is 3.48. The Labute approximate surface area is 141 Å². The molecule has 0 fully saturated rings. The zero-order valence-electron chi connectivity index (χ0n) is 12.2. The minimum Gasteiger partial charge on any atom is -0.355 e. The monoisotopic (exact) mass is 331 g/mol. The van der Waals surface area contributed by atoms with Crippen molar-refractivity contribution < 1.29 is 0 Å². The Morgan fingerprint density at radius 3 is 1.52 bits per heavy atom. The third-order valence-corrected chi connectivity index (χ3v) is 5.67. The summed E-state index contributed by atoms with van der Waals surface area (Å²) in [6, 6.07) is 17.7. The number of aromatic amines is 1. The molecule has 1 nitrogen and oxygen atoms in total. The molecule has 0 amide bonds. The largest absolute Gasteiger partial charge is 0.355 e. The van der Waals surface area contributed by atoms with Gasteiger partial charge in [-0.25, -0.2) is 0 Å². The lowest BCUT2D eigenvalue weighted by Gasteiger charge is -2.00. The first-order valence-electron chi connectivity index (χ1n) is 7.49. The maximum absolute atomic E-state index is 3.53. The topological polar surface area (TPSA) is 15.8 Å². The summed E-state index contributed by atoms with van der Waals surface area (Å²) < 4.78 is 0. The van der Waals surface area contributed by atoms with Gasteiger partial charge in [-0.15, -0.1) is 0 Å². The molecule has 0 radical (unpaired) electrons. The van der Waals surface area contributed by atoms with E-state index >= 15 is 0 Å². The van der Waals surface area contributed by atoms with E-state index in [0.717, 1.165) is 0 Å². The van der Waals surface area contributed by atoms with Gasteiger partial charge in [0.2, 0.25) is 0 Å². The molecule has 3 heteroatoms. The number of benzene rings is 2. The standard InChI is InChI=1S/C20H13NS2/c1-3-19-17(9-13(1)15-5-7-22-11-15)18-10-14(2-4-20(18)21-19)16-6-8-23-12-16/h1-12,21H. The van der Waals surface area contributed by atoms with Crippen molar-refractivity contribution in [2.24, 2.45) is 0 Å². The molecule has 23 heavy (non-hydrogen) atoms. The highest BCUT2D eigenvalue weighted by molar-refractivity contribution is 7.08. The Morgan fingerprint density at radius 2 is 1.09 bits per heavy atom. The van der Waals surface area contributed by atoms with Crippen LogP contribution in [0.1, 0.15) is 0 Å².